The van der Waals surface area contributed by atoms with E-state index in [2.05, 4.69) is 4.72 Å². The van der Waals surface area contributed by atoms with Crippen LogP contribution in [-0.4, -0.2) is 41.6 Å². The first-order chi connectivity index (χ1) is 12.5. The van der Waals surface area contributed by atoms with E-state index in [1.54, 1.807) is 13.8 Å². The van der Waals surface area contributed by atoms with Crippen LogP contribution in [0, 0.1) is 5.41 Å². The van der Waals surface area contributed by atoms with Crippen LogP contribution in [0.5, 0.6) is 5.75 Å². The monoisotopic (exact) mass is 416 g/mol. The number of anilines is 1. The third-order valence-corrected chi connectivity index (χ3v) is 8.49. The number of amides is 1. The molecule has 1 aliphatic carbocycles. The van der Waals surface area contributed by atoms with Crippen molar-refractivity contribution in [2.75, 3.05) is 17.2 Å². The molecule has 1 aromatic carbocycles. The Morgan fingerprint density at radius 3 is 2.37 bits per heavy atom. The third kappa shape index (κ3) is 3.70. The van der Waals surface area contributed by atoms with E-state index in [0.29, 0.717) is 4.31 Å². The van der Waals surface area contributed by atoms with Gasteiger partial charge in [-0.1, -0.05) is 12.8 Å². The first kappa shape index (κ1) is 20.1. The van der Waals surface area contributed by atoms with Gasteiger partial charge in [-0.05, 0) is 44.9 Å². The lowest BCUT2D eigenvalue weighted by atomic mass is 9.95. The SMILES string of the molecule is COc1ccc(N2C(=O)C(C)(C)CS2(=O)=O)cc1S(=O)(=O)NC1CCCC1. The highest BCUT2D eigenvalue weighted by Gasteiger charge is 2.50. The molecule has 27 heavy (non-hydrogen) atoms. The molecule has 10 heteroatoms. The number of carbonyl (C=O) groups is 1. The Labute approximate surface area is 160 Å². The van der Waals surface area contributed by atoms with E-state index >= 15 is 0 Å². The molecule has 1 heterocycles. The van der Waals surface area contributed by atoms with E-state index in [9.17, 15) is 21.6 Å². The molecule has 0 bridgehead atoms. The summed E-state index contributed by atoms with van der Waals surface area (Å²) in [6, 6.07) is 3.78. The minimum absolute atomic E-state index is 0.00169. The molecule has 1 amide bonds. The molecule has 3 rings (SSSR count). The van der Waals surface area contributed by atoms with Gasteiger partial charge in [-0.2, -0.15) is 0 Å². The molecule has 8 nitrogen and oxygen atoms in total. The van der Waals surface area contributed by atoms with Crippen LogP contribution in [0.1, 0.15) is 39.5 Å². The second-order valence-corrected chi connectivity index (χ2v) is 11.1. The molecule has 1 aromatic rings. The van der Waals surface area contributed by atoms with E-state index in [1.165, 1.54) is 25.3 Å². The van der Waals surface area contributed by atoms with Crippen LogP contribution in [0.15, 0.2) is 23.1 Å². The number of benzene rings is 1. The van der Waals surface area contributed by atoms with E-state index in [0.717, 1.165) is 25.7 Å². The molecule has 1 saturated carbocycles. The van der Waals surface area contributed by atoms with Crippen molar-refractivity contribution in [1.82, 2.24) is 4.72 Å². The summed E-state index contributed by atoms with van der Waals surface area (Å²) in [5.74, 6) is -0.819. The van der Waals surface area contributed by atoms with Crippen LogP contribution in [0.4, 0.5) is 5.69 Å². The van der Waals surface area contributed by atoms with Crippen LogP contribution in [0.25, 0.3) is 0 Å². The summed E-state index contributed by atoms with van der Waals surface area (Å²) in [6.45, 7) is 3.10. The maximum atomic E-state index is 12.9. The standard InChI is InChI=1S/C17H24N2O6S2/c1-17(2)11-26(21,22)19(16(17)20)13-8-9-14(25-3)15(10-13)27(23,24)18-12-6-4-5-7-12/h8-10,12,18H,4-7,11H2,1-3H3. The zero-order valence-electron chi connectivity index (χ0n) is 15.6. The average Bonchev–Trinajstić information content (AvgIpc) is 3.10. The summed E-state index contributed by atoms with van der Waals surface area (Å²) in [4.78, 5) is 12.4. The first-order valence-electron chi connectivity index (χ1n) is 8.76. The van der Waals surface area contributed by atoms with Crippen LogP contribution in [0.3, 0.4) is 0 Å². The number of ether oxygens (including phenoxy) is 1. The molecule has 1 N–H and O–H groups in total. The molecule has 0 aromatic heterocycles. The number of nitrogens with one attached hydrogen (secondary N) is 1. The number of nitrogens with zero attached hydrogens (tertiary/aromatic N) is 1. The highest BCUT2D eigenvalue weighted by molar-refractivity contribution is 7.94. The molecule has 2 fully saturated rings. The summed E-state index contributed by atoms with van der Waals surface area (Å²) in [6.07, 6.45) is 3.43. The lowest BCUT2D eigenvalue weighted by Gasteiger charge is -2.20. The summed E-state index contributed by atoms with van der Waals surface area (Å²) >= 11 is 0. The maximum Gasteiger partial charge on any atom is 0.247 e. The van der Waals surface area contributed by atoms with Gasteiger partial charge in [0.15, 0.2) is 0 Å². The first-order valence-corrected chi connectivity index (χ1v) is 11.8. The highest BCUT2D eigenvalue weighted by atomic mass is 32.2. The summed E-state index contributed by atoms with van der Waals surface area (Å²) in [7, 11) is -6.47. The van der Waals surface area contributed by atoms with Crippen LogP contribution < -0.4 is 13.8 Å². The number of hydrogen-bond donors (Lipinski definition) is 1. The van der Waals surface area contributed by atoms with Crippen molar-refractivity contribution < 1.29 is 26.4 Å². The third-order valence-electron chi connectivity index (χ3n) is 4.93. The average molecular weight is 417 g/mol. The van der Waals surface area contributed by atoms with Crippen molar-refractivity contribution in [3.8, 4) is 5.75 Å². The number of methoxy groups -OCH3 is 1. The smallest absolute Gasteiger partial charge is 0.247 e. The van der Waals surface area contributed by atoms with Gasteiger partial charge in [0.25, 0.3) is 0 Å². The predicted molar refractivity (Wildman–Crippen MR) is 101 cm³/mol. The van der Waals surface area contributed by atoms with Crippen LogP contribution in [-0.2, 0) is 24.8 Å². The van der Waals surface area contributed by atoms with E-state index in [4.69, 9.17) is 4.74 Å². The zero-order chi connectivity index (χ0) is 20.0. The number of hydrogen-bond acceptors (Lipinski definition) is 6. The van der Waals surface area contributed by atoms with Crippen molar-refractivity contribution in [3.05, 3.63) is 18.2 Å². The van der Waals surface area contributed by atoms with E-state index in [-0.39, 0.29) is 28.1 Å². The molecule has 2 aliphatic rings. The van der Waals surface area contributed by atoms with Crippen molar-refractivity contribution in [1.29, 1.82) is 0 Å². The Morgan fingerprint density at radius 1 is 1.22 bits per heavy atom. The van der Waals surface area contributed by atoms with Gasteiger partial charge in [0.2, 0.25) is 26.0 Å². The highest BCUT2D eigenvalue weighted by Crippen LogP contribution is 2.38. The number of carbonyl (C=O) groups excluding carboxylic acids is 1. The normalized spacial score (nSPS) is 22.3. The minimum atomic E-state index is -3.93. The largest absolute Gasteiger partial charge is 0.495 e. The van der Waals surface area contributed by atoms with Crippen molar-refractivity contribution in [2.45, 2.75) is 50.5 Å². The lowest BCUT2D eigenvalue weighted by molar-refractivity contribution is -0.123. The second kappa shape index (κ2) is 6.75. The Morgan fingerprint density at radius 2 is 1.85 bits per heavy atom. The second-order valence-electron chi connectivity index (χ2n) is 7.65. The number of sulfonamides is 2. The summed E-state index contributed by atoms with van der Waals surface area (Å²) in [5.41, 5.74) is -1.07. The van der Waals surface area contributed by atoms with Gasteiger partial charge in [-0.15, -0.1) is 0 Å². The van der Waals surface area contributed by atoms with Gasteiger partial charge in [0, 0.05) is 6.04 Å². The molecular formula is C17H24N2O6S2. The van der Waals surface area contributed by atoms with Gasteiger partial charge in [0.05, 0.1) is 24.0 Å². The maximum absolute atomic E-state index is 12.9. The molecule has 0 atom stereocenters. The van der Waals surface area contributed by atoms with Crippen molar-refractivity contribution in [2.24, 2.45) is 5.41 Å². The quantitative estimate of drug-likeness (QED) is 0.781. The topological polar surface area (TPSA) is 110 Å². The Hall–Kier alpha value is -1.65. The van der Waals surface area contributed by atoms with Crippen molar-refractivity contribution in [3.63, 3.8) is 0 Å². The predicted octanol–water partition coefficient (Wildman–Crippen LogP) is 1.62. The summed E-state index contributed by atoms with van der Waals surface area (Å²) in [5, 5.41) is 0. The molecule has 0 spiro atoms. The van der Waals surface area contributed by atoms with Crippen LogP contribution in [0.2, 0.25) is 0 Å². The fourth-order valence-electron chi connectivity index (χ4n) is 3.59. The minimum Gasteiger partial charge on any atom is -0.495 e. The van der Waals surface area contributed by atoms with E-state index < -0.39 is 31.4 Å². The molecule has 0 unspecified atom stereocenters. The Kier molecular flexibility index (Phi) is 5.02. The molecule has 150 valence electrons. The molecule has 1 aliphatic heterocycles. The summed E-state index contributed by atoms with van der Waals surface area (Å²) < 4.78 is 59.2. The van der Waals surface area contributed by atoms with Crippen LogP contribution >= 0.6 is 0 Å². The molecule has 1 saturated heterocycles. The van der Waals surface area contributed by atoms with Gasteiger partial charge in [-0.25, -0.2) is 25.9 Å². The fraction of sp³-hybridized carbons (Fsp3) is 0.588. The zero-order valence-corrected chi connectivity index (χ0v) is 17.2. The van der Waals surface area contributed by atoms with Gasteiger partial charge >= 0.3 is 0 Å². The fourth-order valence-corrected chi connectivity index (χ4v) is 7.18. The molecular weight excluding hydrogens is 392 g/mol. The van der Waals surface area contributed by atoms with E-state index in [1.807, 2.05) is 0 Å². The number of rotatable bonds is 5. The van der Waals surface area contributed by atoms with Gasteiger partial charge in [0.1, 0.15) is 10.6 Å². The van der Waals surface area contributed by atoms with Crippen molar-refractivity contribution >= 4 is 31.6 Å². The van der Waals surface area contributed by atoms with Gasteiger partial charge in [-0.3, -0.25) is 4.79 Å². The van der Waals surface area contributed by atoms with Gasteiger partial charge < -0.3 is 4.74 Å². The lowest BCUT2D eigenvalue weighted by Crippen LogP contribution is -2.34. The molecule has 0 radical (unpaired) electrons. The Bertz CT molecular complexity index is 963. The Balaban J connectivity index is 2.05.